The van der Waals surface area contributed by atoms with Crippen LogP contribution < -0.4 is 0 Å². The fraction of sp³-hybridized carbons (Fsp3) is 0.333. The summed E-state index contributed by atoms with van der Waals surface area (Å²) in [6.07, 6.45) is 2.04. The summed E-state index contributed by atoms with van der Waals surface area (Å²) in [7, 11) is 0. The Labute approximate surface area is 131 Å². The maximum absolute atomic E-state index is 13.8. The highest BCUT2D eigenvalue weighted by atomic mass is 35.5. The van der Waals surface area contributed by atoms with Crippen LogP contribution >= 0.6 is 11.6 Å². The highest BCUT2D eigenvalue weighted by Crippen LogP contribution is 2.30. The van der Waals surface area contributed by atoms with Crippen molar-refractivity contribution < 1.29 is 9.50 Å². The Morgan fingerprint density at radius 1 is 1.48 bits per heavy atom. The molecule has 114 valence electrons. The van der Waals surface area contributed by atoms with Gasteiger partial charge in [-0.1, -0.05) is 49.9 Å². The molecule has 1 N–H and O–H groups in total. The van der Waals surface area contributed by atoms with Crippen LogP contribution in [0.3, 0.4) is 0 Å². The summed E-state index contributed by atoms with van der Waals surface area (Å²) in [4.78, 5) is 0. The zero-order valence-electron chi connectivity index (χ0n) is 12.8. The van der Waals surface area contributed by atoms with Crippen LogP contribution in [0.2, 0.25) is 0 Å². The van der Waals surface area contributed by atoms with Crippen molar-refractivity contribution in [2.24, 2.45) is 0 Å². The van der Waals surface area contributed by atoms with E-state index in [9.17, 15) is 9.50 Å². The third-order valence-electron chi connectivity index (χ3n) is 3.75. The summed E-state index contributed by atoms with van der Waals surface area (Å²) in [6, 6.07) is 5.73. The quantitative estimate of drug-likeness (QED) is 0.705. The topological polar surface area (TPSA) is 20.2 Å². The molecule has 0 saturated carbocycles. The van der Waals surface area contributed by atoms with Crippen LogP contribution in [0, 0.1) is 6.92 Å². The number of aliphatic hydroxyl groups is 1. The van der Waals surface area contributed by atoms with E-state index in [1.807, 2.05) is 32.0 Å². The first-order valence-electron chi connectivity index (χ1n) is 6.91. The Morgan fingerprint density at radius 2 is 2.10 bits per heavy atom. The average molecular weight is 309 g/mol. The van der Waals surface area contributed by atoms with E-state index in [1.165, 1.54) is 0 Å². The summed E-state index contributed by atoms with van der Waals surface area (Å²) in [6.45, 7) is 12.7. The van der Waals surface area contributed by atoms with Gasteiger partial charge in [0, 0.05) is 17.0 Å². The molecule has 0 aliphatic rings. The molecule has 0 aliphatic carbocycles. The van der Waals surface area contributed by atoms with Gasteiger partial charge in [0.25, 0.3) is 0 Å². The highest BCUT2D eigenvalue weighted by molar-refractivity contribution is 6.31. The molecule has 0 amide bonds. The molecule has 21 heavy (non-hydrogen) atoms. The van der Waals surface area contributed by atoms with Crippen molar-refractivity contribution in [3.8, 4) is 0 Å². The second-order valence-corrected chi connectivity index (χ2v) is 5.85. The molecule has 0 aromatic heterocycles. The normalized spacial score (nSPS) is 15.1. The minimum absolute atomic E-state index is 0.164. The number of hydrogen-bond donors (Lipinski definition) is 1. The first kappa shape index (κ1) is 17.7. The van der Waals surface area contributed by atoms with E-state index in [4.69, 9.17) is 11.6 Å². The lowest BCUT2D eigenvalue weighted by atomic mass is 9.87. The smallest absolute Gasteiger partial charge is 0.127 e. The number of hydrogen-bond acceptors (Lipinski definition) is 1. The third kappa shape index (κ3) is 4.29. The molecule has 0 radical (unpaired) electrons. The molecule has 0 heterocycles. The molecule has 0 bridgehead atoms. The van der Waals surface area contributed by atoms with Gasteiger partial charge >= 0.3 is 0 Å². The van der Waals surface area contributed by atoms with E-state index in [0.29, 0.717) is 18.4 Å². The number of aryl methyl sites for hydroxylation is 1. The molecular formula is C18H22ClFO. The van der Waals surface area contributed by atoms with E-state index in [-0.39, 0.29) is 5.03 Å². The van der Waals surface area contributed by atoms with Crippen LogP contribution in [0.5, 0.6) is 0 Å². The molecule has 1 unspecified atom stereocenters. The van der Waals surface area contributed by atoms with Gasteiger partial charge in [-0.3, -0.25) is 0 Å². The Kier molecular flexibility index (Phi) is 5.94. The van der Waals surface area contributed by atoms with Gasteiger partial charge in [0.1, 0.15) is 5.83 Å². The van der Waals surface area contributed by atoms with Crippen molar-refractivity contribution in [1.29, 1.82) is 0 Å². The Balaban J connectivity index is 3.25. The van der Waals surface area contributed by atoms with Crippen LogP contribution in [0.4, 0.5) is 4.39 Å². The van der Waals surface area contributed by atoms with E-state index in [0.717, 1.165) is 22.8 Å². The van der Waals surface area contributed by atoms with Crippen molar-refractivity contribution in [2.45, 2.75) is 39.2 Å². The van der Waals surface area contributed by atoms with Crippen molar-refractivity contribution in [1.82, 2.24) is 0 Å². The number of allylic oxidation sites excluding steroid dienone is 4. The second kappa shape index (κ2) is 7.06. The predicted molar refractivity (Wildman–Crippen MR) is 88.1 cm³/mol. The lowest BCUT2D eigenvalue weighted by molar-refractivity contribution is 0.0524. The zero-order chi connectivity index (χ0) is 16.2. The molecule has 0 spiro atoms. The van der Waals surface area contributed by atoms with Crippen molar-refractivity contribution in [2.75, 3.05) is 0 Å². The lowest BCUT2D eigenvalue weighted by Gasteiger charge is -2.25. The standard InChI is InChI=1S/C18H22ClFO/c1-6-17(20)15(13(4)19)10-14-9-8-12(3)16(11-14)18(5,21)7-2/h6,8-9,11,21H,1,4,7,10H2,2-3,5H3/b17-15+. The van der Waals surface area contributed by atoms with Crippen molar-refractivity contribution in [3.63, 3.8) is 0 Å². The van der Waals surface area contributed by atoms with Gasteiger partial charge in [0.05, 0.1) is 5.60 Å². The molecule has 1 atom stereocenters. The lowest BCUT2D eigenvalue weighted by Crippen LogP contribution is -2.21. The summed E-state index contributed by atoms with van der Waals surface area (Å²) in [5.74, 6) is -0.473. The van der Waals surface area contributed by atoms with Crippen molar-refractivity contribution in [3.05, 3.63) is 70.6 Å². The van der Waals surface area contributed by atoms with Gasteiger partial charge in [-0.25, -0.2) is 4.39 Å². The van der Waals surface area contributed by atoms with Crippen LogP contribution in [-0.4, -0.2) is 5.11 Å². The van der Waals surface area contributed by atoms with Gasteiger partial charge < -0.3 is 5.11 Å². The Morgan fingerprint density at radius 3 is 2.57 bits per heavy atom. The molecule has 1 nitrogen and oxygen atoms in total. The van der Waals surface area contributed by atoms with Crippen LogP contribution in [0.1, 0.15) is 37.0 Å². The monoisotopic (exact) mass is 308 g/mol. The van der Waals surface area contributed by atoms with E-state index < -0.39 is 11.4 Å². The highest BCUT2D eigenvalue weighted by Gasteiger charge is 2.23. The number of halogens is 2. The Bertz CT molecular complexity index is 585. The first-order chi connectivity index (χ1) is 9.72. The first-order valence-corrected chi connectivity index (χ1v) is 7.29. The minimum atomic E-state index is -0.904. The number of benzene rings is 1. The summed E-state index contributed by atoms with van der Waals surface area (Å²) in [5.41, 5.74) is 2.14. The van der Waals surface area contributed by atoms with E-state index in [2.05, 4.69) is 13.2 Å². The van der Waals surface area contributed by atoms with Gasteiger partial charge in [0.15, 0.2) is 0 Å². The van der Waals surface area contributed by atoms with E-state index >= 15 is 0 Å². The molecule has 3 heteroatoms. The molecule has 1 aromatic carbocycles. The number of rotatable bonds is 6. The fourth-order valence-electron chi connectivity index (χ4n) is 2.19. The molecule has 1 aromatic rings. The summed E-state index contributed by atoms with van der Waals surface area (Å²) >= 11 is 5.87. The minimum Gasteiger partial charge on any atom is -0.385 e. The van der Waals surface area contributed by atoms with Gasteiger partial charge in [0.2, 0.25) is 0 Å². The molecular weight excluding hydrogens is 287 g/mol. The molecule has 0 saturated heterocycles. The van der Waals surface area contributed by atoms with Crippen LogP contribution in [0.15, 0.2) is 53.9 Å². The van der Waals surface area contributed by atoms with Gasteiger partial charge in [-0.2, -0.15) is 0 Å². The van der Waals surface area contributed by atoms with Crippen LogP contribution in [-0.2, 0) is 12.0 Å². The Hall–Kier alpha value is -1.38. The fourth-order valence-corrected chi connectivity index (χ4v) is 2.34. The second-order valence-electron chi connectivity index (χ2n) is 5.39. The maximum atomic E-state index is 13.8. The maximum Gasteiger partial charge on any atom is 0.127 e. The van der Waals surface area contributed by atoms with E-state index in [1.54, 1.807) is 6.92 Å². The molecule has 1 rings (SSSR count). The summed E-state index contributed by atoms with van der Waals surface area (Å²) < 4.78 is 13.8. The SMILES string of the molecule is C=C/C(F)=C(/Cc1ccc(C)c(C(C)(O)CC)c1)C(=C)Cl. The largest absolute Gasteiger partial charge is 0.385 e. The van der Waals surface area contributed by atoms with Gasteiger partial charge in [-0.05, 0) is 43.0 Å². The summed E-state index contributed by atoms with van der Waals surface area (Å²) in [5, 5.41) is 10.6. The van der Waals surface area contributed by atoms with Gasteiger partial charge in [-0.15, -0.1) is 0 Å². The molecule has 0 fully saturated rings. The zero-order valence-corrected chi connectivity index (χ0v) is 13.6. The van der Waals surface area contributed by atoms with Crippen LogP contribution in [0.25, 0.3) is 0 Å². The van der Waals surface area contributed by atoms with Crippen molar-refractivity contribution >= 4 is 11.6 Å². The predicted octanol–water partition coefficient (Wildman–Crippen LogP) is 5.32. The molecule has 0 aliphatic heterocycles. The average Bonchev–Trinajstić information content (AvgIpc) is 2.44. The third-order valence-corrected chi connectivity index (χ3v) is 3.97.